The number of rotatable bonds is 13. The number of carboxylic acids is 1. The Morgan fingerprint density at radius 3 is 1.58 bits per heavy atom. The van der Waals surface area contributed by atoms with Crippen molar-refractivity contribution < 1.29 is 19.4 Å². The number of esters is 1. The molecular weight excluding hydrogens is 347 g/mol. The van der Waals surface area contributed by atoms with Gasteiger partial charge in [-0.25, -0.2) is 4.79 Å². The van der Waals surface area contributed by atoms with Crippen molar-refractivity contribution in [1.29, 1.82) is 0 Å². The number of hydrogen-bond acceptors (Lipinski definition) is 4. The van der Waals surface area contributed by atoms with E-state index in [4.69, 9.17) is 14.6 Å². The van der Waals surface area contributed by atoms with Gasteiger partial charge in [0.2, 0.25) is 0 Å². The van der Waals surface area contributed by atoms with Crippen LogP contribution in [-0.2, 0) is 14.3 Å². The molecule has 0 aromatic carbocycles. The van der Waals surface area contributed by atoms with E-state index in [0.717, 1.165) is 18.7 Å². The standard InChI is InChI=1S/C19H38O2P.C2H4O2/c1-6-11-14-22(15-12-7-2,16-13-8-3)17-18(9-4)19(20)21-10-5;1-2(3)4/h9H,6-8,10-17H2,1-5H3;1H3,(H,3,4)/q+1;/p-1/b18-9+;. The Kier molecular flexibility index (Phi) is 18.4. The van der Waals surface area contributed by atoms with Crippen LogP contribution in [0.5, 0.6) is 0 Å². The van der Waals surface area contributed by atoms with Gasteiger partial charge in [0.05, 0.1) is 36.8 Å². The summed E-state index contributed by atoms with van der Waals surface area (Å²) >= 11 is 0. The first kappa shape index (κ1) is 27.3. The van der Waals surface area contributed by atoms with Crippen molar-refractivity contribution in [3.8, 4) is 0 Å². The fraction of sp³-hybridized carbons (Fsp3) is 0.810. The molecule has 0 aromatic heterocycles. The maximum atomic E-state index is 12.2. The van der Waals surface area contributed by atoms with Crippen molar-refractivity contribution in [3.63, 3.8) is 0 Å². The van der Waals surface area contributed by atoms with Crippen LogP contribution in [0.4, 0.5) is 0 Å². The third kappa shape index (κ3) is 14.3. The minimum Gasteiger partial charge on any atom is -0.550 e. The van der Waals surface area contributed by atoms with Gasteiger partial charge < -0.3 is 14.6 Å². The SMILES string of the molecule is C/C=C(\C[P+](CCCC)(CCCC)CCCC)C(=O)OCC.CC(=O)[O-]. The predicted octanol–water partition coefficient (Wildman–Crippen LogP) is 4.67. The molecule has 0 saturated carbocycles. The molecule has 5 heteroatoms. The Hall–Kier alpha value is -0.890. The second kappa shape index (κ2) is 17.5. The highest BCUT2D eigenvalue weighted by molar-refractivity contribution is 7.76. The van der Waals surface area contributed by atoms with E-state index in [1.165, 1.54) is 57.0 Å². The first-order chi connectivity index (χ1) is 12.3. The van der Waals surface area contributed by atoms with Gasteiger partial charge in [-0.1, -0.05) is 46.1 Å². The highest BCUT2D eigenvalue weighted by Gasteiger charge is 2.37. The Labute approximate surface area is 162 Å². The van der Waals surface area contributed by atoms with Crippen molar-refractivity contribution in [3.05, 3.63) is 11.6 Å². The average molecular weight is 389 g/mol. The van der Waals surface area contributed by atoms with Crippen LogP contribution in [0, 0.1) is 0 Å². The van der Waals surface area contributed by atoms with E-state index >= 15 is 0 Å². The van der Waals surface area contributed by atoms with Gasteiger partial charge in [-0.2, -0.15) is 0 Å². The summed E-state index contributed by atoms with van der Waals surface area (Å²) in [5.41, 5.74) is 0.929. The van der Waals surface area contributed by atoms with Gasteiger partial charge in [0.1, 0.15) is 0 Å². The summed E-state index contributed by atoms with van der Waals surface area (Å²) in [7, 11) is -1.07. The number of carbonyl (C=O) groups is 2. The number of hydrogen-bond donors (Lipinski definition) is 0. The molecule has 0 N–H and O–H groups in total. The molecule has 4 nitrogen and oxygen atoms in total. The van der Waals surface area contributed by atoms with Gasteiger partial charge in [0.25, 0.3) is 0 Å². The smallest absolute Gasteiger partial charge is 0.337 e. The number of carbonyl (C=O) groups excluding carboxylic acids is 2. The maximum Gasteiger partial charge on any atom is 0.337 e. The summed E-state index contributed by atoms with van der Waals surface area (Å²) in [4.78, 5) is 21.1. The lowest BCUT2D eigenvalue weighted by Gasteiger charge is -2.28. The van der Waals surface area contributed by atoms with Gasteiger partial charge in [-0.15, -0.1) is 0 Å². The van der Waals surface area contributed by atoms with Gasteiger partial charge in [0, 0.05) is 13.2 Å². The summed E-state index contributed by atoms with van der Waals surface area (Å²) in [6.07, 6.45) is 14.7. The topological polar surface area (TPSA) is 66.4 Å². The average Bonchev–Trinajstić information content (AvgIpc) is 2.60. The largest absolute Gasteiger partial charge is 0.550 e. The third-order valence-corrected chi connectivity index (χ3v) is 9.16. The summed E-state index contributed by atoms with van der Waals surface area (Å²) in [5.74, 6) is -1.17. The van der Waals surface area contributed by atoms with Crippen molar-refractivity contribution in [2.24, 2.45) is 0 Å². The quantitative estimate of drug-likeness (QED) is 0.261. The van der Waals surface area contributed by atoms with Gasteiger partial charge in [0.15, 0.2) is 0 Å². The minimum atomic E-state index is -1.08. The van der Waals surface area contributed by atoms with Crippen LogP contribution in [0.15, 0.2) is 11.6 Å². The number of carboxylic acid groups (broad SMARTS) is 1. The predicted molar refractivity (Wildman–Crippen MR) is 112 cm³/mol. The summed E-state index contributed by atoms with van der Waals surface area (Å²) in [5, 5.41) is 8.89. The molecule has 0 heterocycles. The van der Waals surface area contributed by atoms with Crippen LogP contribution >= 0.6 is 7.26 Å². The normalized spacial score (nSPS) is 11.5. The number of unbranched alkanes of at least 4 members (excludes halogenated alkanes) is 3. The molecule has 0 aliphatic rings. The molecule has 0 bridgehead atoms. The lowest BCUT2D eigenvalue weighted by Crippen LogP contribution is -2.19. The van der Waals surface area contributed by atoms with E-state index in [2.05, 4.69) is 20.8 Å². The fourth-order valence-electron chi connectivity index (χ4n) is 2.91. The Balaban J connectivity index is 0. The second-order valence-corrected chi connectivity index (χ2v) is 11.1. The Morgan fingerprint density at radius 1 is 0.923 bits per heavy atom. The molecule has 0 rings (SSSR count). The molecule has 0 amide bonds. The molecule has 0 radical (unpaired) electrons. The lowest BCUT2D eigenvalue weighted by molar-refractivity contribution is -0.302. The molecule has 0 saturated heterocycles. The van der Waals surface area contributed by atoms with Crippen LogP contribution in [0.3, 0.4) is 0 Å². The lowest BCUT2D eigenvalue weighted by atomic mass is 10.3. The number of allylic oxidation sites excluding steroid dienone is 1. The van der Waals surface area contributed by atoms with Gasteiger partial charge in [-0.3, -0.25) is 0 Å². The molecule has 0 unspecified atom stereocenters. The van der Waals surface area contributed by atoms with Crippen molar-refractivity contribution >= 4 is 19.2 Å². The van der Waals surface area contributed by atoms with E-state index in [0.29, 0.717) is 6.61 Å². The molecule has 0 aliphatic carbocycles. The molecule has 0 atom stereocenters. The van der Waals surface area contributed by atoms with Crippen LogP contribution < -0.4 is 5.11 Å². The van der Waals surface area contributed by atoms with Crippen LogP contribution in [0.2, 0.25) is 0 Å². The van der Waals surface area contributed by atoms with E-state index in [1.54, 1.807) is 0 Å². The molecule has 154 valence electrons. The summed E-state index contributed by atoms with van der Waals surface area (Å²) < 4.78 is 5.26. The molecule has 0 aromatic rings. The zero-order valence-corrected chi connectivity index (χ0v) is 18.8. The Morgan fingerprint density at radius 2 is 1.31 bits per heavy atom. The number of ether oxygens (including phenoxy) is 1. The van der Waals surface area contributed by atoms with Gasteiger partial charge >= 0.3 is 5.97 Å². The first-order valence-corrected chi connectivity index (χ1v) is 12.7. The zero-order valence-electron chi connectivity index (χ0n) is 17.9. The third-order valence-electron chi connectivity index (χ3n) is 4.35. The second-order valence-electron chi connectivity index (χ2n) is 6.76. The maximum absolute atomic E-state index is 12.2. The van der Waals surface area contributed by atoms with Crippen LogP contribution in [0.25, 0.3) is 0 Å². The Bertz CT molecular complexity index is 379. The molecule has 0 fully saturated rings. The van der Waals surface area contributed by atoms with Crippen molar-refractivity contribution in [2.45, 2.75) is 80.1 Å². The summed E-state index contributed by atoms with van der Waals surface area (Å²) in [6.45, 7) is 12.1. The van der Waals surface area contributed by atoms with Crippen LogP contribution in [0.1, 0.15) is 80.1 Å². The van der Waals surface area contributed by atoms with E-state index in [9.17, 15) is 4.79 Å². The fourth-order valence-corrected chi connectivity index (χ4v) is 8.05. The molecule has 0 spiro atoms. The monoisotopic (exact) mass is 388 g/mol. The van der Waals surface area contributed by atoms with E-state index < -0.39 is 13.2 Å². The highest BCUT2D eigenvalue weighted by atomic mass is 31.2. The van der Waals surface area contributed by atoms with Crippen molar-refractivity contribution in [2.75, 3.05) is 31.3 Å². The van der Waals surface area contributed by atoms with Gasteiger partial charge in [-0.05, 0) is 40.0 Å². The molecule has 26 heavy (non-hydrogen) atoms. The highest BCUT2D eigenvalue weighted by Crippen LogP contribution is 2.61. The first-order valence-electron chi connectivity index (χ1n) is 10.2. The van der Waals surface area contributed by atoms with E-state index in [1.807, 2.05) is 19.9 Å². The summed E-state index contributed by atoms with van der Waals surface area (Å²) in [6, 6.07) is 0. The zero-order chi connectivity index (χ0) is 20.4. The minimum absolute atomic E-state index is 0.0844. The van der Waals surface area contributed by atoms with E-state index in [-0.39, 0.29) is 5.97 Å². The van der Waals surface area contributed by atoms with Crippen molar-refractivity contribution in [1.82, 2.24) is 0 Å². The molecular formula is C21H41O4P. The number of aliphatic carboxylic acids is 1. The van der Waals surface area contributed by atoms with Crippen LogP contribution in [-0.4, -0.2) is 43.2 Å². The molecule has 0 aliphatic heterocycles.